The van der Waals surface area contributed by atoms with Crippen LogP contribution < -0.4 is 5.32 Å². The van der Waals surface area contributed by atoms with Crippen LogP contribution in [0.15, 0.2) is 29.0 Å². The Bertz CT molecular complexity index is 515. The fourth-order valence-electron chi connectivity index (χ4n) is 2.28. The Kier molecular flexibility index (Phi) is 2.52. The molecule has 0 spiro atoms. The number of ether oxygens (including phenoxy) is 1. The summed E-state index contributed by atoms with van der Waals surface area (Å²) in [5.41, 5.74) is 0.799. The summed E-state index contributed by atoms with van der Waals surface area (Å²) < 4.78 is 11.1. The second-order valence-corrected chi connectivity index (χ2v) is 4.75. The molecule has 0 radical (unpaired) electrons. The molecule has 2 aromatic rings. The first-order chi connectivity index (χ1) is 8.27. The molecule has 2 aromatic heterocycles. The van der Waals surface area contributed by atoms with Gasteiger partial charge in [0.15, 0.2) is 0 Å². The van der Waals surface area contributed by atoms with E-state index in [-0.39, 0.29) is 5.60 Å². The third-order valence-corrected chi connectivity index (χ3v) is 3.31. The summed E-state index contributed by atoms with van der Waals surface area (Å²) in [7, 11) is 0. The van der Waals surface area contributed by atoms with Crippen molar-refractivity contribution in [3.05, 3.63) is 24.6 Å². The minimum absolute atomic E-state index is 0.0619. The number of hydrogen-bond donors (Lipinski definition) is 1. The lowest BCUT2D eigenvalue weighted by atomic mass is 10.0. The van der Waals surface area contributed by atoms with Gasteiger partial charge in [0.25, 0.3) is 0 Å². The fraction of sp³-hybridized carbons (Fsp3) is 0.462. The van der Waals surface area contributed by atoms with E-state index in [1.807, 2.05) is 12.1 Å². The van der Waals surface area contributed by atoms with Gasteiger partial charge in [-0.05, 0) is 31.9 Å². The zero-order valence-electron chi connectivity index (χ0n) is 9.90. The van der Waals surface area contributed by atoms with Crippen LogP contribution in [0, 0.1) is 0 Å². The summed E-state index contributed by atoms with van der Waals surface area (Å²) in [6.07, 6.45) is 5.68. The van der Waals surface area contributed by atoms with Gasteiger partial charge in [0.1, 0.15) is 11.4 Å². The third-order valence-electron chi connectivity index (χ3n) is 3.31. The number of aromatic nitrogens is 1. The molecule has 0 aliphatic carbocycles. The van der Waals surface area contributed by atoms with Crippen LogP contribution >= 0.6 is 0 Å². The monoisotopic (exact) mass is 232 g/mol. The van der Waals surface area contributed by atoms with E-state index in [9.17, 15) is 0 Å². The average molecular weight is 232 g/mol. The van der Waals surface area contributed by atoms with E-state index >= 15 is 0 Å². The molecule has 3 heterocycles. The molecule has 0 bridgehead atoms. The van der Waals surface area contributed by atoms with Crippen LogP contribution in [-0.4, -0.2) is 23.7 Å². The van der Waals surface area contributed by atoms with Gasteiger partial charge in [-0.3, -0.25) is 0 Å². The molecular formula is C13H16N2O2. The number of hydrogen-bond acceptors (Lipinski definition) is 4. The highest BCUT2D eigenvalue weighted by Gasteiger charge is 2.29. The summed E-state index contributed by atoms with van der Waals surface area (Å²) in [5, 5.41) is 4.38. The van der Waals surface area contributed by atoms with Crippen molar-refractivity contribution in [3.63, 3.8) is 0 Å². The van der Waals surface area contributed by atoms with Gasteiger partial charge >= 0.3 is 0 Å². The Hall–Kier alpha value is -1.55. The molecule has 1 aliphatic rings. The van der Waals surface area contributed by atoms with Gasteiger partial charge in [-0.15, -0.1) is 0 Å². The van der Waals surface area contributed by atoms with Crippen LogP contribution in [0.1, 0.15) is 19.8 Å². The van der Waals surface area contributed by atoms with E-state index in [1.54, 1.807) is 12.5 Å². The summed E-state index contributed by atoms with van der Waals surface area (Å²) >= 11 is 0. The maximum atomic E-state index is 5.74. The van der Waals surface area contributed by atoms with E-state index in [0.717, 1.165) is 42.8 Å². The van der Waals surface area contributed by atoms with Crippen molar-refractivity contribution in [2.24, 2.45) is 0 Å². The van der Waals surface area contributed by atoms with E-state index < -0.39 is 0 Å². The molecule has 1 aliphatic heterocycles. The molecule has 0 saturated carbocycles. The zero-order valence-corrected chi connectivity index (χ0v) is 9.90. The van der Waals surface area contributed by atoms with E-state index in [4.69, 9.17) is 9.15 Å². The standard InChI is InChI=1S/C13H16N2O2/c1-13(5-2-7-17-13)9-15-12-10-4-8-16-11(10)3-6-14-12/h3-4,6,8H,2,5,7,9H2,1H3,(H,14,15). The molecule has 17 heavy (non-hydrogen) atoms. The predicted octanol–water partition coefficient (Wildman–Crippen LogP) is 2.81. The van der Waals surface area contributed by atoms with Crippen molar-refractivity contribution < 1.29 is 9.15 Å². The molecule has 90 valence electrons. The Morgan fingerprint density at radius 3 is 3.24 bits per heavy atom. The van der Waals surface area contributed by atoms with Crippen molar-refractivity contribution in [2.75, 3.05) is 18.5 Å². The number of rotatable bonds is 3. The van der Waals surface area contributed by atoms with Crippen molar-refractivity contribution in [1.82, 2.24) is 4.98 Å². The SMILES string of the molecule is CC1(CNc2nccc3occc23)CCCO1. The zero-order chi connectivity index (χ0) is 11.7. The smallest absolute Gasteiger partial charge is 0.139 e. The molecule has 0 amide bonds. The Balaban J connectivity index is 1.78. The molecular weight excluding hydrogens is 216 g/mol. The van der Waals surface area contributed by atoms with Gasteiger partial charge in [-0.2, -0.15) is 0 Å². The van der Waals surface area contributed by atoms with Crippen LogP contribution in [0.2, 0.25) is 0 Å². The molecule has 1 saturated heterocycles. The highest BCUT2D eigenvalue weighted by molar-refractivity contribution is 5.87. The van der Waals surface area contributed by atoms with Gasteiger partial charge in [0, 0.05) is 19.3 Å². The molecule has 4 heteroatoms. The number of nitrogens with zero attached hydrogens (tertiary/aromatic N) is 1. The second-order valence-electron chi connectivity index (χ2n) is 4.75. The van der Waals surface area contributed by atoms with Gasteiger partial charge in [-0.25, -0.2) is 4.98 Å². The van der Waals surface area contributed by atoms with Crippen molar-refractivity contribution in [3.8, 4) is 0 Å². The minimum Gasteiger partial charge on any atom is -0.464 e. The molecule has 3 rings (SSSR count). The lowest BCUT2D eigenvalue weighted by Gasteiger charge is -2.23. The normalized spacial score (nSPS) is 24.3. The molecule has 0 aromatic carbocycles. The first-order valence-electron chi connectivity index (χ1n) is 5.97. The molecule has 1 N–H and O–H groups in total. The van der Waals surface area contributed by atoms with Crippen LogP contribution in [0.25, 0.3) is 11.0 Å². The van der Waals surface area contributed by atoms with Crippen LogP contribution in [0.4, 0.5) is 5.82 Å². The first kappa shape index (κ1) is 10.6. The van der Waals surface area contributed by atoms with Gasteiger partial charge in [0.05, 0.1) is 17.3 Å². The summed E-state index contributed by atoms with van der Waals surface area (Å²) in [6, 6.07) is 3.80. The summed E-state index contributed by atoms with van der Waals surface area (Å²) in [4.78, 5) is 4.34. The Morgan fingerprint density at radius 1 is 1.47 bits per heavy atom. The van der Waals surface area contributed by atoms with Crippen LogP contribution in [0.5, 0.6) is 0 Å². The van der Waals surface area contributed by atoms with E-state index in [1.165, 1.54) is 0 Å². The number of furan rings is 1. The van der Waals surface area contributed by atoms with Gasteiger partial charge in [-0.1, -0.05) is 0 Å². The fourth-order valence-corrected chi connectivity index (χ4v) is 2.28. The number of anilines is 1. The predicted molar refractivity (Wildman–Crippen MR) is 66.1 cm³/mol. The summed E-state index contributed by atoms with van der Waals surface area (Å²) in [5.74, 6) is 0.868. The largest absolute Gasteiger partial charge is 0.464 e. The Labute approximate surface area is 100.0 Å². The molecule has 1 fully saturated rings. The first-order valence-corrected chi connectivity index (χ1v) is 5.97. The van der Waals surface area contributed by atoms with Crippen LogP contribution in [-0.2, 0) is 4.74 Å². The van der Waals surface area contributed by atoms with Crippen molar-refractivity contribution in [1.29, 1.82) is 0 Å². The number of nitrogens with one attached hydrogen (secondary N) is 1. The topological polar surface area (TPSA) is 47.3 Å². The quantitative estimate of drug-likeness (QED) is 0.884. The minimum atomic E-state index is -0.0619. The van der Waals surface area contributed by atoms with Gasteiger partial charge in [0.2, 0.25) is 0 Å². The van der Waals surface area contributed by atoms with E-state index in [0.29, 0.717) is 0 Å². The maximum absolute atomic E-state index is 5.74. The van der Waals surface area contributed by atoms with Crippen LogP contribution in [0.3, 0.4) is 0 Å². The average Bonchev–Trinajstić information content (AvgIpc) is 2.95. The third kappa shape index (κ3) is 2.00. The molecule has 1 unspecified atom stereocenters. The van der Waals surface area contributed by atoms with Gasteiger partial charge < -0.3 is 14.5 Å². The van der Waals surface area contributed by atoms with Crippen molar-refractivity contribution in [2.45, 2.75) is 25.4 Å². The molecule has 4 nitrogen and oxygen atoms in total. The lowest BCUT2D eigenvalue weighted by molar-refractivity contribution is 0.0315. The van der Waals surface area contributed by atoms with E-state index in [2.05, 4.69) is 17.2 Å². The maximum Gasteiger partial charge on any atom is 0.139 e. The highest BCUT2D eigenvalue weighted by atomic mass is 16.5. The summed E-state index contributed by atoms with van der Waals surface area (Å²) in [6.45, 7) is 3.79. The van der Waals surface area contributed by atoms with Crippen molar-refractivity contribution >= 4 is 16.8 Å². The number of fused-ring (bicyclic) bond motifs is 1. The highest BCUT2D eigenvalue weighted by Crippen LogP contribution is 2.27. The molecule has 1 atom stereocenters. The lowest BCUT2D eigenvalue weighted by Crippen LogP contribution is -2.32. The second kappa shape index (κ2) is 4.04. The number of pyridine rings is 1. The Morgan fingerprint density at radius 2 is 2.41 bits per heavy atom.